The van der Waals surface area contributed by atoms with E-state index in [4.69, 9.17) is 5.11 Å². The molecule has 0 spiro atoms. The predicted molar refractivity (Wildman–Crippen MR) is 70.4 cm³/mol. The first kappa shape index (κ1) is 14.9. The van der Waals surface area contributed by atoms with Crippen molar-refractivity contribution in [3.05, 3.63) is 18.3 Å². The number of sulfone groups is 1. The summed E-state index contributed by atoms with van der Waals surface area (Å²) in [5, 5.41) is 15.0. The lowest BCUT2D eigenvalue weighted by Crippen LogP contribution is -2.29. The molecule has 0 radical (unpaired) electrons. The molecular formula is C11H19N3O3S. The molecule has 1 atom stereocenters. The van der Waals surface area contributed by atoms with Gasteiger partial charge in [-0.25, -0.2) is 13.4 Å². The Balaban J connectivity index is 2.53. The Morgan fingerprint density at radius 2 is 2.17 bits per heavy atom. The smallest absolute Gasteiger partial charge is 0.179 e. The molecule has 0 amide bonds. The molecule has 18 heavy (non-hydrogen) atoms. The third kappa shape index (κ3) is 4.99. The van der Waals surface area contributed by atoms with Gasteiger partial charge < -0.3 is 15.7 Å². The minimum Gasteiger partial charge on any atom is -0.392 e. The van der Waals surface area contributed by atoms with Crippen molar-refractivity contribution < 1.29 is 13.5 Å². The van der Waals surface area contributed by atoms with Crippen molar-refractivity contribution in [2.24, 2.45) is 0 Å². The first-order valence-corrected chi connectivity index (χ1v) is 7.58. The van der Waals surface area contributed by atoms with Gasteiger partial charge in [0.15, 0.2) is 9.84 Å². The minimum absolute atomic E-state index is 0.195. The van der Waals surface area contributed by atoms with E-state index < -0.39 is 15.9 Å². The van der Waals surface area contributed by atoms with Crippen LogP contribution >= 0.6 is 0 Å². The van der Waals surface area contributed by atoms with Crippen molar-refractivity contribution in [2.45, 2.75) is 17.9 Å². The molecule has 7 heteroatoms. The number of nitrogens with zero attached hydrogens (tertiary/aromatic N) is 1. The highest BCUT2D eigenvalue weighted by Crippen LogP contribution is 2.16. The zero-order valence-corrected chi connectivity index (χ0v) is 11.4. The lowest BCUT2D eigenvalue weighted by atomic mass is 10.4. The van der Waals surface area contributed by atoms with Gasteiger partial charge in [-0.15, -0.1) is 0 Å². The number of aliphatic hydroxyl groups is 1. The van der Waals surface area contributed by atoms with Gasteiger partial charge in [0, 0.05) is 32.1 Å². The summed E-state index contributed by atoms with van der Waals surface area (Å²) >= 11 is 0. The second-order valence-electron chi connectivity index (χ2n) is 4.10. The number of hydrogen-bond acceptors (Lipinski definition) is 6. The van der Waals surface area contributed by atoms with Gasteiger partial charge in [-0.2, -0.15) is 0 Å². The van der Waals surface area contributed by atoms with Gasteiger partial charge in [-0.3, -0.25) is 0 Å². The Morgan fingerprint density at radius 3 is 2.78 bits per heavy atom. The van der Waals surface area contributed by atoms with E-state index in [-0.39, 0.29) is 4.90 Å². The molecule has 3 N–H and O–H groups in total. The summed E-state index contributed by atoms with van der Waals surface area (Å²) in [5.74, 6) is 0.360. The van der Waals surface area contributed by atoms with Crippen LogP contribution in [0.25, 0.3) is 0 Å². The molecule has 0 aromatic carbocycles. The lowest BCUT2D eigenvalue weighted by molar-refractivity contribution is 0.192. The second-order valence-corrected chi connectivity index (χ2v) is 6.09. The van der Waals surface area contributed by atoms with Crippen LogP contribution in [0.2, 0.25) is 0 Å². The van der Waals surface area contributed by atoms with E-state index >= 15 is 0 Å². The van der Waals surface area contributed by atoms with E-state index in [2.05, 4.69) is 15.6 Å². The average molecular weight is 273 g/mol. The quantitative estimate of drug-likeness (QED) is 0.599. The molecule has 0 saturated heterocycles. The van der Waals surface area contributed by atoms with Gasteiger partial charge in [-0.05, 0) is 19.1 Å². The molecule has 0 saturated carbocycles. The maximum absolute atomic E-state index is 11.5. The number of pyridine rings is 1. The molecule has 1 heterocycles. The summed E-state index contributed by atoms with van der Waals surface area (Å²) in [6, 6.07) is 3.11. The zero-order valence-electron chi connectivity index (χ0n) is 10.5. The van der Waals surface area contributed by atoms with Crippen molar-refractivity contribution >= 4 is 15.7 Å². The summed E-state index contributed by atoms with van der Waals surface area (Å²) in [4.78, 5) is 4.21. The van der Waals surface area contributed by atoms with Gasteiger partial charge in [-0.1, -0.05) is 0 Å². The molecule has 0 aliphatic carbocycles. The van der Waals surface area contributed by atoms with Crippen LogP contribution in [0.15, 0.2) is 23.2 Å². The number of anilines is 1. The minimum atomic E-state index is -3.28. The summed E-state index contributed by atoms with van der Waals surface area (Å²) < 4.78 is 23.0. The highest BCUT2D eigenvalue weighted by molar-refractivity contribution is 7.90. The van der Waals surface area contributed by atoms with E-state index in [1.54, 1.807) is 19.2 Å². The topological polar surface area (TPSA) is 91.3 Å². The number of nitrogens with one attached hydrogen (secondary N) is 2. The normalized spacial score (nSPS) is 13.3. The van der Waals surface area contributed by atoms with Crippen LogP contribution in [0.1, 0.15) is 6.92 Å². The highest BCUT2D eigenvalue weighted by atomic mass is 32.2. The monoisotopic (exact) mass is 273 g/mol. The molecule has 1 unspecified atom stereocenters. The van der Waals surface area contributed by atoms with Crippen LogP contribution in [0.4, 0.5) is 5.82 Å². The molecule has 1 rings (SSSR count). The fourth-order valence-corrected chi connectivity index (χ4v) is 2.20. The Bertz CT molecular complexity index is 474. The molecular weight excluding hydrogens is 254 g/mol. The summed E-state index contributed by atoms with van der Waals surface area (Å²) in [7, 11) is -3.28. The summed E-state index contributed by atoms with van der Waals surface area (Å²) in [5.41, 5.74) is 0. The first-order valence-electron chi connectivity index (χ1n) is 5.69. The van der Waals surface area contributed by atoms with Gasteiger partial charge >= 0.3 is 0 Å². The molecule has 1 aromatic heterocycles. The maximum atomic E-state index is 11.5. The molecule has 0 aliphatic rings. The lowest BCUT2D eigenvalue weighted by Gasteiger charge is -2.10. The number of aromatic nitrogens is 1. The van der Waals surface area contributed by atoms with E-state index in [1.165, 1.54) is 6.07 Å². The third-order valence-corrected chi connectivity index (χ3v) is 3.33. The molecule has 1 aromatic rings. The summed E-state index contributed by atoms with van der Waals surface area (Å²) in [6.45, 7) is 3.35. The van der Waals surface area contributed by atoms with Crippen LogP contribution in [0, 0.1) is 0 Å². The van der Waals surface area contributed by atoms with Gasteiger partial charge in [0.05, 0.1) is 6.10 Å². The second kappa shape index (κ2) is 6.67. The molecule has 0 aliphatic heterocycles. The standard InChI is InChI=1S/C11H19N3O3S/c1-9(15)8-12-6-7-14-11-10(18(2,16)17)4-3-5-13-11/h3-5,9,12,15H,6-8H2,1-2H3,(H,13,14). The van der Waals surface area contributed by atoms with Crippen LogP contribution in [-0.4, -0.2) is 50.5 Å². The van der Waals surface area contributed by atoms with Crippen molar-refractivity contribution in [3.63, 3.8) is 0 Å². The maximum Gasteiger partial charge on any atom is 0.179 e. The number of hydrogen-bond donors (Lipinski definition) is 3. The Hall–Kier alpha value is -1.18. The van der Waals surface area contributed by atoms with Crippen molar-refractivity contribution in [2.75, 3.05) is 31.2 Å². The predicted octanol–water partition coefficient (Wildman–Crippen LogP) is -0.133. The van der Waals surface area contributed by atoms with Gasteiger partial charge in [0.1, 0.15) is 10.7 Å². The van der Waals surface area contributed by atoms with E-state index in [9.17, 15) is 8.42 Å². The summed E-state index contributed by atoms with van der Waals surface area (Å²) in [6.07, 6.45) is 2.30. The molecule has 0 bridgehead atoms. The number of rotatable bonds is 7. The van der Waals surface area contributed by atoms with E-state index in [0.29, 0.717) is 25.5 Å². The zero-order chi connectivity index (χ0) is 13.6. The SMILES string of the molecule is CC(O)CNCCNc1ncccc1S(C)(=O)=O. The molecule has 102 valence electrons. The Kier molecular flexibility index (Phi) is 5.52. The van der Waals surface area contributed by atoms with E-state index in [1.807, 2.05) is 0 Å². The Morgan fingerprint density at radius 1 is 1.44 bits per heavy atom. The van der Waals surface area contributed by atoms with Gasteiger partial charge in [0.2, 0.25) is 0 Å². The van der Waals surface area contributed by atoms with Gasteiger partial charge in [0.25, 0.3) is 0 Å². The molecule has 6 nitrogen and oxygen atoms in total. The van der Waals surface area contributed by atoms with E-state index in [0.717, 1.165) is 6.26 Å². The third-order valence-electron chi connectivity index (χ3n) is 2.20. The highest BCUT2D eigenvalue weighted by Gasteiger charge is 2.13. The van der Waals surface area contributed by atoms with Crippen LogP contribution in [-0.2, 0) is 9.84 Å². The Labute approximate surface area is 107 Å². The van der Waals surface area contributed by atoms with Crippen molar-refractivity contribution in [1.29, 1.82) is 0 Å². The van der Waals surface area contributed by atoms with Crippen molar-refractivity contribution in [1.82, 2.24) is 10.3 Å². The van der Waals surface area contributed by atoms with Crippen LogP contribution in [0.3, 0.4) is 0 Å². The first-order chi connectivity index (χ1) is 8.41. The van der Waals surface area contributed by atoms with Crippen molar-refractivity contribution in [3.8, 4) is 0 Å². The van der Waals surface area contributed by atoms with Crippen LogP contribution in [0.5, 0.6) is 0 Å². The largest absolute Gasteiger partial charge is 0.392 e. The molecule has 0 fully saturated rings. The fourth-order valence-electron chi connectivity index (χ4n) is 1.40. The fraction of sp³-hybridized carbons (Fsp3) is 0.545. The number of aliphatic hydroxyl groups excluding tert-OH is 1. The van der Waals surface area contributed by atoms with Crippen LogP contribution < -0.4 is 10.6 Å². The average Bonchev–Trinajstić information content (AvgIpc) is 2.27.